The van der Waals surface area contributed by atoms with Gasteiger partial charge in [0.15, 0.2) is 0 Å². The van der Waals surface area contributed by atoms with Gasteiger partial charge < -0.3 is 15.2 Å². The summed E-state index contributed by atoms with van der Waals surface area (Å²) in [6.07, 6.45) is 3.82. The van der Waals surface area contributed by atoms with Gasteiger partial charge in [-0.2, -0.15) is 0 Å². The predicted molar refractivity (Wildman–Crippen MR) is 74.2 cm³/mol. The first-order chi connectivity index (χ1) is 9.36. The van der Waals surface area contributed by atoms with Crippen LogP contribution < -0.4 is 5.32 Å². The van der Waals surface area contributed by atoms with E-state index in [0.717, 1.165) is 19.3 Å². The number of hydrogen-bond donors (Lipinski definition) is 2. The molecule has 0 saturated heterocycles. The van der Waals surface area contributed by atoms with E-state index in [1.54, 1.807) is 7.11 Å². The van der Waals surface area contributed by atoms with Crippen molar-refractivity contribution in [2.75, 3.05) is 7.11 Å². The highest BCUT2D eigenvalue weighted by Crippen LogP contribution is 2.42. The van der Waals surface area contributed by atoms with Crippen LogP contribution in [0.2, 0.25) is 0 Å². The normalized spacial score (nSPS) is 36.0. The summed E-state index contributed by atoms with van der Waals surface area (Å²) >= 11 is 0. The molecule has 2 fully saturated rings. The highest BCUT2D eigenvalue weighted by molar-refractivity contribution is 5.80. The molecule has 2 aliphatic rings. The van der Waals surface area contributed by atoms with Gasteiger partial charge >= 0.3 is 5.97 Å². The van der Waals surface area contributed by atoms with Crippen LogP contribution in [0.15, 0.2) is 0 Å². The van der Waals surface area contributed by atoms with Crippen LogP contribution in [0.5, 0.6) is 0 Å². The van der Waals surface area contributed by atoms with Crippen LogP contribution in [0.3, 0.4) is 0 Å². The van der Waals surface area contributed by atoms with Gasteiger partial charge in [0.1, 0.15) is 0 Å². The Morgan fingerprint density at radius 1 is 1.20 bits per heavy atom. The summed E-state index contributed by atoms with van der Waals surface area (Å²) in [5, 5.41) is 12.2. The second kappa shape index (κ2) is 5.72. The van der Waals surface area contributed by atoms with Gasteiger partial charge in [0.25, 0.3) is 0 Å². The van der Waals surface area contributed by atoms with E-state index < -0.39 is 5.97 Å². The molecule has 0 radical (unpaired) electrons. The number of carbonyl (C=O) groups excluding carboxylic acids is 1. The second-order valence-electron chi connectivity index (χ2n) is 6.74. The van der Waals surface area contributed by atoms with Gasteiger partial charge in [-0.05, 0) is 25.7 Å². The van der Waals surface area contributed by atoms with Crippen LogP contribution in [0.1, 0.15) is 46.0 Å². The Labute approximate surface area is 120 Å². The average molecular weight is 283 g/mol. The van der Waals surface area contributed by atoms with Crippen molar-refractivity contribution in [2.45, 2.75) is 58.1 Å². The van der Waals surface area contributed by atoms with Gasteiger partial charge in [0, 0.05) is 24.5 Å². The number of carboxylic acid groups (broad SMARTS) is 1. The molecule has 0 aromatic carbocycles. The molecule has 2 N–H and O–H groups in total. The Morgan fingerprint density at radius 2 is 1.85 bits per heavy atom. The molecule has 5 heteroatoms. The average Bonchev–Trinajstić information content (AvgIpc) is 2.42. The number of ether oxygens (including phenoxy) is 1. The third-order valence-corrected chi connectivity index (χ3v) is 5.17. The van der Waals surface area contributed by atoms with Gasteiger partial charge in [-0.25, -0.2) is 0 Å². The number of rotatable bonds is 4. The number of methoxy groups -OCH3 is 1. The zero-order valence-corrected chi connectivity index (χ0v) is 12.5. The Balaban J connectivity index is 1.88. The summed E-state index contributed by atoms with van der Waals surface area (Å²) < 4.78 is 5.38. The predicted octanol–water partition coefficient (Wildman–Crippen LogP) is 1.81. The molecular formula is C15H25NO4. The fraction of sp³-hybridized carbons (Fsp3) is 0.867. The van der Waals surface area contributed by atoms with E-state index >= 15 is 0 Å². The van der Waals surface area contributed by atoms with Gasteiger partial charge in [-0.3, -0.25) is 9.59 Å². The Kier molecular flexibility index (Phi) is 4.37. The minimum Gasteiger partial charge on any atom is -0.481 e. The van der Waals surface area contributed by atoms with Crippen molar-refractivity contribution < 1.29 is 19.4 Å². The zero-order chi connectivity index (χ0) is 14.9. The second-order valence-corrected chi connectivity index (χ2v) is 6.74. The molecule has 4 unspecified atom stereocenters. The molecule has 2 aliphatic carbocycles. The van der Waals surface area contributed by atoms with E-state index in [4.69, 9.17) is 9.84 Å². The number of carboxylic acids is 1. The van der Waals surface area contributed by atoms with Crippen molar-refractivity contribution in [3.63, 3.8) is 0 Å². The highest BCUT2D eigenvalue weighted by Gasteiger charge is 2.49. The lowest BCUT2D eigenvalue weighted by molar-refractivity contribution is -0.145. The highest BCUT2D eigenvalue weighted by atomic mass is 16.5. The van der Waals surface area contributed by atoms with Crippen LogP contribution in [0.4, 0.5) is 0 Å². The van der Waals surface area contributed by atoms with Crippen molar-refractivity contribution in [1.82, 2.24) is 5.32 Å². The molecule has 0 aromatic rings. The lowest BCUT2D eigenvalue weighted by Crippen LogP contribution is -2.62. The van der Waals surface area contributed by atoms with E-state index in [0.29, 0.717) is 12.8 Å². The summed E-state index contributed by atoms with van der Waals surface area (Å²) in [5.74, 6) is -1.27. The molecule has 4 atom stereocenters. The number of hydrogen-bond acceptors (Lipinski definition) is 3. The van der Waals surface area contributed by atoms with Crippen LogP contribution >= 0.6 is 0 Å². The summed E-state index contributed by atoms with van der Waals surface area (Å²) in [6.45, 7) is 4.19. The van der Waals surface area contributed by atoms with Gasteiger partial charge in [0.2, 0.25) is 5.91 Å². The third-order valence-electron chi connectivity index (χ3n) is 5.17. The molecule has 0 spiro atoms. The molecule has 2 saturated carbocycles. The van der Waals surface area contributed by atoms with E-state index in [1.807, 2.05) is 0 Å². The van der Waals surface area contributed by atoms with Gasteiger partial charge in [0.05, 0.1) is 12.0 Å². The minimum absolute atomic E-state index is 0.0172. The molecule has 5 nitrogen and oxygen atoms in total. The molecule has 0 aliphatic heterocycles. The Morgan fingerprint density at radius 3 is 2.40 bits per heavy atom. The number of carbonyl (C=O) groups is 2. The fourth-order valence-corrected chi connectivity index (χ4v) is 3.47. The van der Waals surface area contributed by atoms with Crippen LogP contribution in [0.25, 0.3) is 0 Å². The first kappa shape index (κ1) is 15.3. The third kappa shape index (κ3) is 2.82. The van der Waals surface area contributed by atoms with Crippen molar-refractivity contribution in [3.8, 4) is 0 Å². The standard InChI is InChI=1S/C15H25NO4/c1-15(2)11(8-12(15)20-3)16-13(17)9-5-4-6-10(7-9)14(18)19/h9-12H,4-8H2,1-3H3,(H,16,17)(H,18,19). The molecule has 114 valence electrons. The number of aliphatic carboxylic acids is 1. The van der Waals surface area contributed by atoms with Crippen LogP contribution in [-0.2, 0) is 14.3 Å². The molecule has 1 amide bonds. The minimum atomic E-state index is -0.772. The zero-order valence-electron chi connectivity index (χ0n) is 12.5. The molecule has 20 heavy (non-hydrogen) atoms. The SMILES string of the molecule is COC1CC(NC(=O)C2CCCC(C(=O)O)C2)C1(C)C. The van der Waals surface area contributed by atoms with Crippen molar-refractivity contribution in [1.29, 1.82) is 0 Å². The first-order valence-corrected chi connectivity index (χ1v) is 7.42. The van der Waals surface area contributed by atoms with E-state index in [1.165, 1.54) is 0 Å². The van der Waals surface area contributed by atoms with E-state index in [9.17, 15) is 9.59 Å². The maximum atomic E-state index is 12.3. The largest absolute Gasteiger partial charge is 0.481 e. The molecule has 0 aromatic heterocycles. The molecule has 0 heterocycles. The van der Waals surface area contributed by atoms with Crippen molar-refractivity contribution in [2.24, 2.45) is 17.3 Å². The van der Waals surface area contributed by atoms with Crippen molar-refractivity contribution in [3.05, 3.63) is 0 Å². The number of nitrogens with one attached hydrogen (secondary N) is 1. The van der Waals surface area contributed by atoms with E-state index in [2.05, 4.69) is 19.2 Å². The lowest BCUT2D eigenvalue weighted by Gasteiger charge is -2.51. The fourth-order valence-electron chi connectivity index (χ4n) is 3.47. The molecular weight excluding hydrogens is 258 g/mol. The summed E-state index contributed by atoms with van der Waals surface area (Å²) in [6, 6.07) is 0.130. The molecule has 0 bridgehead atoms. The van der Waals surface area contributed by atoms with Crippen LogP contribution in [-0.4, -0.2) is 36.2 Å². The summed E-state index contributed by atoms with van der Waals surface area (Å²) in [5.41, 5.74) is -0.0503. The van der Waals surface area contributed by atoms with E-state index in [-0.39, 0.29) is 35.3 Å². The maximum Gasteiger partial charge on any atom is 0.306 e. The van der Waals surface area contributed by atoms with Crippen molar-refractivity contribution >= 4 is 11.9 Å². The quantitative estimate of drug-likeness (QED) is 0.825. The van der Waals surface area contributed by atoms with Gasteiger partial charge in [-0.15, -0.1) is 0 Å². The Bertz CT molecular complexity index is 393. The lowest BCUT2D eigenvalue weighted by atomic mass is 9.64. The summed E-state index contributed by atoms with van der Waals surface area (Å²) in [7, 11) is 1.70. The monoisotopic (exact) mass is 283 g/mol. The first-order valence-electron chi connectivity index (χ1n) is 7.42. The number of amides is 1. The van der Waals surface area contributed by atoms with Crippen LogP contribution in [0, 0.1) is 17.3 Å². The summed E-state index contributed by atoms with van der Waals surface area (Å²) in [4.78, 5) is 23.4. The van der Waals surface area contributed by atoms with Gasteiger partial charge in [-0.1, -0.05) is 20.3 Å². The Hall–Kier alpha value is -1.10. The molecule has 2 rings (SSSR count). The smallest absolute Gasteiger partial charge is 0.306 e. The topological polar surface area (TPSA) is 75.6 Å². The maximum absolute atomic E-state index is 12.3.